The van der Waals surface area contributed by atoms with Gasteiger partial charge in [0.05, 0.1) is 11.6 Å². The Balaban J connectivity index is 1.82. The van der Waals surface area contributed by atoms with Crippen LogP contribution in [0.4, 0.5) is 5.69 Å². The molecular weight excluding hydrogens is 198 g/mol. The molecule has 2 N–H and O–H groups in total. The predicted octanol–water partition coefficient (Wildman–Crippen LogP) is 1.97. The highest BCUT2D eigenvalue weighted by molar-refractivity contribution is 5.47. The average molecular weight is 215 g/mol. The molecule has 0 amide bonds. The zero-order valence-electron chi connectivity index (χ0n) is 9.37. The Hall–Kier alpha value is -1.53. The van der Waals surface area contributed by atoms with Gasteiger partial charge >= 0.3 is 0 Å². The first-order valence-corrected chi connectivity index (χ1v) is 5.83. The summed E-state index contributed by atoms with van der Waals surface area (Å²) in [6.07, 6.45) is 2.58. The van der Waals surface area contributed by atoms with Crippen LogP contribution in [0.1, 0.15) is 18.4 Å². The van der Waals surface area contributed by atoms with Gasteiger partial charge in [-0.25, -0.2) is 0 Å². The summed E-state index contributed by atoms with van der Waals surface area (Å²) in [5.74, 6) is 0.726. The van der Waals surface area contributed by atoms with Gasteiger partial charge in [0.25, 0.3) is 0 Å². The smallest absolute Gasteiger partial charge is 0.0991 e. The lowest BCUT2D eigenvalue weighted by Crippen LogP contribution is -2.33. The van der Waals surface area contributed by atoms with E-state index in [1.165, 1.54) is 12.8 Å². The van der Waals surface area contributed by atoms with E-state index in [1.54, 1.807) is 0 Å². The lowest BCUT2D eigenvalue weighted by Gasteiger charge is -2.23. The van der Waals surface area contributed by atoms with Gasteiger partial charge in [0, 0.05) is 12.2 Å². The molecule has 1 aromatic rings. The predicted molar refractivity (Wildman–Crippen MR) is 65.2 cm³/mol. The highest BCUT2D eigenvalue weighted by atomic mass is 14.9. The SMILES string of the molecule is N#Cc1ccc(NCC2CCCNC2)cc1. The Morgan fingerprint density at radius 2 is 2.19 bits per heavy atom. The van der Waals surface area contributed by atoms with Gasteiger partial charge in [-0.3, -0.25) is 0 Å². The van der Waals surface area contributed by atoms with Crippen molar-refractivity contribution in [1.82, 2.24) is 5.32 Å². The molecule has 1 saturated heterocycles. The van der Waals surface area contributed by atoms with Crippen molar-refractivity contribution in [3.8, 4) is 6.07 Å². The van der Waals surface area contributed by atoms with Crippen LogP contribution in [0.3, 0.4) is 0 Å². The second-order valence-electron chi connectivity index (χ2n) is 4.28. The van der Waals surface area contributed by atoms with Crippen molar-refractivity contribution in [3.63, 3.8) is 0 Å². The van der Waals surface area contributed by atoms with Crippen molar-refractivity contribution in [1.29, 1.82) is 5.26 Å². The van der Waals surface area contributed by atoms with E-state index in [0.29, 0.717) is 5.56 Å². The molecule has 0 aliphatic carbocycles. The van der Waals surface area contributed by atoms with Crippen molar-refractivity contribution in [2.24, 2.45) is 5.92 Å². The Bertz CT molecular complexity index is 358. The van der Waals surface area contributed by atoms with Crippen LogP contribution in [-0.4, -0.2) is 19.6 Å². The molecule has 1 unspecified atom stereocenters. The van der Waals surface area contributed by atoms with Gasteiger partial charge in [0.2, 0.25) is 0 Å². The van der Waals surface area contributed by atoms with Crippen LogP contribution in [0, 0.1) is 17.2 Å². The molecule has 1 aliphatic heterocycles. The summed E-state index contributed by atoms with van der Waals surface area (Å²) >= 11 is 0. The molecule has 0 bridgehead atoms. The molecule has 1 aromatic carbocycles. The molecule has 0 saturated carbocycles. The fourth-order valence-corrected chi connectivity index (χ4v) is 2.02. The van der Waals surface area contributed by atoms with E-state index >= 15 is 0 Å². The number of hydrogen-bond donors (Lipinski definition) is 2. The van der Waals surface area contributed by atoms with Gasteiger partial charge in [0.1, 0.15) is 0 Å². The Morgan fingerprint density at radius 3 is 2.81 bits per heavy atom. The number of rotatable bonds is 3. The Kier molecular flexibility index (Phi) is 3.79. The largest absolute Gasteiger partial charge is 0.385 e. The summed E-state index contributed by atoms with van der Waals surface area (Å²) in [7, 11) is 0. The molecular formula is C13H17N3. The first-order valence-electron chi connectivity index (χ1n) is 5.83. The van der Waals surface area contributed by atoms with Gasteiger partial charge in [-0.15, -0.1) is 0 Å². The second-order valence-corrected chi connectivity index (χ2v) is 4.28. The highest BCUT2D eigenvalue weighted by Crippen LogP contribution is 2.13. The lowest BCUT2D eigenvalue weighted by molar-refractivity contribution is 0.393. The second kappa shape index (κ2) is 5.53. The van der Waals surface area contributed by atoms with E-state index in [1.807, 2.05) is 24.3 Å². The maximum atomic E-state index is 8.68. The van der Waals surface area contributed by atoms with Crippen LogP contribution in [0.2, 0.25) is 0 Å². The van der Waals surface area contributed by atoms with Crippen LogP contribution >= 0.6 is 0 Å². The molecule has 3 nitrogen and oxygen atoms in total. The van der Waals surface area contributed by atoms with Crippen molar-refractivity contribution < 1.29 is 0 Å². The number of hydrogen-bond acceptors (Lipinski definition) is 3. The fraction of sp³-hybridized carbons (Fsp3) is 0.462. The summed E-state index contributed by atoms with van der Waals surface area (Å²) < 4.78 is 0. The molecule has 0 spiro atoms. The standard InChI is InChI=1S/C13H17N3/c14-8-11-3-5-13(6-4-11)16-10-12-2-1-7-15-9-12/h3-6,12,15-16H,1-2,7,9-10H2. The molecule has 0 aromatic heterocycles. The van der Waals surface area contributed by atoms with Crippen molar-refractivity contribution >= 4 is 5.69 Å². The van der Waals surface area contributed by atoms with Gasteiger partial charge in [0.15, 0.2) is 0 Å². The minimum Gasteiger partial charge on any atom is -0.385 e. The molecule has 16 heavy (non-hydrogen) atoms. The number of nitriles is 1. The number of nitrogens with zero attached hydrogens (tertiary/aromatic N) is 1. The van der Waals surface area contributed by atoms with Crippen molar-refractivity contribution in [3.05, 3.63) is 29.8 Å². The van der Waals surface area contributed by atoms with Crippen LogP contribution in [0.25, 0.3) is 0 Å². The summed E-state index contributed by atoms with van der Waals surface area (Å²) in [4.78, 5) is 0. The lowest BCUT2D eigenvalue weighted by atomic mass is 10.00. The van der Waals surface area contributed by atoms with Crippen LogP contribution in [-0.2, 0) is 0 Å². The van der Waals surface area contributed by atoms with E-state index < -0.39 is 0 Å². The number of nitrogens with one attached hydrogen (secondary N) is 2. The number of anilines is 1. The van der Waals surface area contributed by atoms with E-state index in [9.17, 15) is 0 Å². The average Bonchev–Trinajstić information content (AvgIpc) is 2.38. The summed E-state index contributed by atoms with van der Waals surface area (Å²) in [5, 5.41) is 15.5. The molecule has 1 fully saturated rings. The maximum absolute atomic E-state index is 8.68. The molecule has 0 radical (unpaired) electrons. The van der Waals surface area contributed by atoms with E-state index in [2.05, 4.69) is 16.7 Å². The molecule has 1 heterocycles. The monoisotopic (exact) mass is 215 g/mol. The van der Waals surface area contributed by atoms with E-state index in [4.69, 9.17) is 5.26 Å². The zero-order valence-corrected chi connectivity index (χ0v) is 9.37. The summed E-state index contributed by atoms with van der Waals surface area (Å²) in [6, 6.07) is 9.75. The fourth-order valence-electron chi connectivity index (χ4n) is 2.02. The van der Waals surface area contributed by atoms with Crippen LogP contribution in [0.5, 0.6) is 0 Å². The maximum Gasteiger partial charge on any atom is 0.0991 e. The molecule has 3 heteroatoms. The minimum atomic E-state index is 0.713. The number of piperidine rings is 1. The molecule has 1 aliphatic rings. The third-order valence-corrected chi connectivity index (χ3v) is 3.01. The van der Waals surface area contributed by atoms with E-state index in [0.717, 1.165) is 31.2 Å². The van der Waals surface area contributed by atoms with Crippen LogP contribution < -0.4 is 10.6 Å². The van der Waals surface area contributed by atoms with E-state index in [-0.39, 0.29) is 0 Å². The third kappa shape index (κ3) is 2.98. The molecule has 1 atom stereocenters. The van der Waals surface area contributed by atoms with Gasteiger partial charge in [-0.2, -0.15) is 5.26 Å². The highest BCUT2D eigenvalue weighted by Gasteiger charge is 2.11. The molecule has 2 rings (SSSR count). The van der Waals surface area contributed by atoms with Crippen molar-refractivity contribution in [2.75, 3.05) is 25.0 Å². The molecule has 84 valence electrons. The quantitative estimate of drug-likeness (QED) is 0.810. The minimum absolute atomic E-state index is 0.713. The normalized spacial score (nSPS) is 20.1. The third-order valence-electron chi connectivity index (χ3n) is 3.01. The zero-order chi connectivity index (χ0) is 11.2. The van der Waals surface area contributed by atoms with Gasteiger partial charge in [-0.1, -0.05) is 0 Å². The first kappa shape index (κ1) is 11.0. The van der Waals surface area contributed by atoms with Crippen LogP contribution in [0.15, 0.2) is 24.3 Å². The topological polar surface area (TPSA) is 47.9 Å². The Labute approximate surface area is 96.5 Å². The first-order chi connectivity index (χ1) is 7.88. The number of benzene rings is 1. The van der Waals surface area contributed by atoms with Crippen molar-refractivity contribution in [2.45, 2.75) is 12.8 Å². The van der Waals surface area contributed by atoms with Gasteiger partial charge in [-0.05, 0) is 56.1 Å². The summed E-state index contributed by atoms with van der Waals surface area (Å²) in [5.41, 5.74) is 1.81. The summed E-state index contributed by atoms with van der Waals surface area (Å²) in [6.45, 7) is 3.29. The van der Waals surface area contributed by atoms with Gasteiger partial charge < -0.3 is 10.6 Å². The Morgan fingerprint density at radius 1 is 1.38 bits per heavy atom.